The second-order valence-corrected chi connectivity index (χ2v) is 6.97. The number of imidazole rings is 1. The highest BCUT2D eigenvalue weighted by molar-refractivity contribution is 7.22. The summed E-state index contributed by atoms with van der Waals surface area (Å²) in [5.41, 5.74) is 7.56. The average Bonchev–Trinajstić information content (AvgIpc) is 3.29. The number of hydrogen-bond acceptors (Lipinski definition) is 6. The maximum absolute atomic E-state index is 14.1. The highest BCUT2D eigenvalue weighted by Gasteiger charge is 2.14. The van der Waals surface area contributed by atoms with Crippen molar-refractivity contribution in [2.45, 2.75) is 6.54 Å². The molecule has 4 rings (SSSR count). The zero-order valence-corrected chi connectivity index (χ0v) is 15.4. The molecular formula is C19H17FN4O2S. The van der Waals surface area contributed by atoms with E-state index in [2.05, 4.69) is 9.97 Å². The van der Waals surface area contributed by atoms with E-state index < -0.39 is 5.82 Å². The molecule has 0 unspecified atom stereocenters. The molecule has 0 saturated carbocycles. The van der Waals surface area contributed by atoms with E-state index in [9.17, 15) is 4.39 Å². The van der Waals surface area contributed by atoms with Crippen LogP contribution in [0.15, 0.2) is 49.1 Å². The minimum atomic E-state index is -0.506. The Morgan fingerprint density at radius 1 is 1.19 bits per heavy atom. The molecule has 2 N–H and O–H groups in total. The molecule has 0 bridgehead atoms. The predicted molar refractivity (Wildman–Crippen MR) is 104 cm³/mol. The summed E-state index contributed by atoms with van der Waals surface area (Å²) in [5, 5.41) is 0. The highest BCUT2D eigenvalue weighted by Crippen LogP contribution is 2.39. The van der Waals surface area contributed by atoms with Crippen LogP contribution in [0.5, 0.6) is 11.5 Å². The third-order valence-corrected chi connectivity index (χ3v) is 5.15. The van der Waals surface area contributed by atoms with Gasteiger partial charge in [-0.2, -0.15) is 0 Å². The average molecular weight is 384 g/mol. The molecule has 0 aliphatic rings. The van der Waals surface area contributed by atoms with Crippen molar-refractivity contribution in [1.82, 2.24) is 14.5 Å². The molecule has 0 saturated heterocycles. The highest BCUT2D eigenvalue weighted by atomic mass is 32.1. The summed E-state index contributed by atoms with van der Waals surface area (Å²) < 4.78 is 27.7. The fourth-order valence-corrected chi connectivity index (χ4v) is 3.67. The number of aromatic nitrogens is 3. The Kier molecular flexibility index (Phi) is 4.74. The van der Waals surface area contributed by atoms with Crippen LogP contribution in [0.2, 0.25) is 0 Å². The molecule has 0 atom stereocenters. The zero-order valence-electron chi connectivity index (χ0n) is 14.6. The number of rotatable bonds is 6. The molecule has 3 heterocycles. The Hall–Kier alpha value is -2.97. The van der Waals surface area contributed by atoms with Gasteiger partial charge in [0.25, 0.3) is 0 Å². The van der Waals surface area contributed by atoms with Crippen LogP contribution >= 0.6 is 11.3 Å². The first kappa shape index (κ1) is 17.4. The summed E-state index contributed by atoms with van der Waals surface area (Å²) in [6.45, 7) is 1.35. The topological polar surface area (TPSA) is 75.2 Å². The molecule has 4 aromatic rings. The van der Waals surface area contributed by atoms with Crippen LogP contribution in [0, 0.1) is 5.82 Å². The maximum Gasteiger partial charge on any atom is 0.167 e. The number of halogens is 1. The van der Waals surface area contributed by atoms with E-state index >= 15 is 0 Å². The van der Waals surface area contributed by atoms with Gasteiger partial charge in [-0.25, -0.2) is 9.37 Å². The number of methoxy groups -OCH3 is 1. The summed E-state index contributed by atoms with van der Waals surface area (Å²) in [5.74, 6) is 0.155. The molecule has 0 spiro atoms. The van der Waals surface area contributed by atoms with Gasteiger partial charge in [-0.3, -0.25) is 4.98 Å². The lowest BCUT2D eigenvalue weighted by atomic mass is 10.3. The Morgan fingerprint density at radius 3 is 2.89 bits per heavy atom. The number of fused-ring (bicyclic) bond motifs is 1. The molecule has 0 fully saturated rings. The van der Waals surface area contributed by atoms with Crippen LogP contribution in [0.1, 0.15) is 0 Å². The smallest absolute Gasteiger partial charge is 0.167 e. The normalized spacial score (nSPS) is 11.2. The lowest BCUT2D eigenvalue weighted by Crippen LogP contribution is -2.00. The summed E-state index contributed by atoms with van der Waals surface area (Å²) in [4.78, 5) is 9.79. The molecule has 0 aliphatic carbocycles. The Balaban J connectivity index is 1.66. The van der Waals surface area contributed by atoms with Crippen molar-refractivity contribution in [3.63, 3.8) is 0 Å². The number of nitrogens with zero attached hydrogens (tertiary/aromatic N) is 3. The molecular weight excluding hydrogens is 367 g/mol. The molecule has 8 heteroatoms. The van der Waals surface area contributed by atoms with Gasteiger partial charge in [0, 0.05) is 43.9 Å². The minimum absolute atomic E-state index is 0.121. The number of pyridine rings is 1. The van der Waals surface area contributed by atoms with Crippen LogP contribution < -0.4 is 10.5 Å². The van der Waals surface area contributed by atoms with Crippen LogP contribution in [-0.2, 0) is 11.3 Å². The van der Waals surface area contributed by atoms with E-state index in [4.69, 9.17) is 15.2 Å². The summed E-state index contributed by atoms with van der Waals surface area (Å²) >= 11 is 1.50. The van der Waals surface area contributed by atoms with Gasteiger partial charge in [-0.15, -0.1) is 11.3 Å². The Bertz CT molecular complexity index is 1090. The maximum atomic E-state index is 14.1. The quantitative estimate of drug-likeness (QED) is 0.501. The minimum Gasteiger partial charge on any atom is -0.453 e. The number of benzene rings is 1. The zero-order chi connectivity index (χ0) is 18.8. The van der Waals surface area contributed by atoms with Gasteiger partial charge in [0.1, 0.15) is 5.75 Å². The van der Waals surface area contributed by atoms with Crippen LogP contribution in [-0.4, -0.2) is 28.3 Å². The largest absolute Gasteiger partial charge is 0.453 e. The van der Waals surface area contributed by atoms with Gasteiger partial charge in [0.15, 0.2) is 11.6 Å². The van der Waals surface area contributed by atoms with Gasteiger partial charge < -0.3 is 19.8 Å². The molecule has 0 amide bonds. The first-order valence-corrected chi connectivity index (χ1v) is 9.08. The number of thiophene rings is 1. The standard InChI is InChI=1S/C19H17FN4O2S/c1-25-7-6-24-10-15(23-11-24)18-9-14-19(27-18)17(4-5-22-14)26-16-3-2-12(21)8-13(16)20/h2-5,8-11H,6-7,21H2,1H3. The van der Waals surface area contributed by atoms with E-state index in [1.165, 1.54) is 23.5 Å². The monoisotopic (exact) mass is 384 g/mol. The molecule has 0 aliphatic heterocycles. The van der Waals surface area contributed by atoms with Gasteiger partial charge in [0.05, 0.1) is 33.7 Å². The lowest BCUT2D eigenvalue weighted by molar-refractivity contribution is 0.187. The van der Waals surface area contributed by atoms with E-state index in [0.717, 1.165) is 27.3 Å². The fourth-order valence-electron chi connectivity index (χ4n) is 2.65. The van der Waals surface area contributed by atoms with Crippen LogP contribution in [0.3, 0.4) is 0 Å². The van der Waals surface area contributed by atoms with Crippen molar-refractivity contribution in [3.05, 3.63) is 54.9 Å². The van der Waals surface area contributed by atoms with Crippen molar-refractivity contribution < 1.29 is 13.9 Å². The second-order valence-electron chi connectivity index (χ2n) is 5.92. The van der Waals surface area contributed by atoms with Crippen molar-refractivity contribution >= 4 is 27.2 Å². The number of nitrogen functional groups attached to an aromatic ring is 1. The number of nitrogens with two attached hydrogens (primary N) is 1. The van der Waals surface area contributed by atoms with Gasteiger partial charge in [0.2, 0.25) is 0 Å². The fraction of sp³-hybridized carbons (Fsp3) is 0.158. The van der Waals surface area contributed by atoms with E-state index in [1.54, 1.807) is 31.8 Å². The van der Waals surface area contributed by atoms with E-state index in [-0.39, 0.29) is 5.75 Å². The molecule has 6 nitrogen and oxygen atoms in total. The SMILES string of the molecule is COCCn1cnc(-c2cc3nccc(Oc4ccc(N)cc4F)c3s2)c1. The third kappa shape index (κ3) is 3.62. The molecule has 3 aromatic heterocycles. The van der Waals surface area contributed by atoms with Crippen molar-refractivity contribution in [3.8, 4) is 22.1 Å². The van der Waals surface area contributed by atoms with E-state index in [1.807, 2.05) is 16.8 Å². The van der Waals surface area contributed by atoms with Crippen molar-refractivity contribution in [1.29, 1.82) is 0 Å². The lowest BCUT2D eigenvalue weighted by Gasteiger charge is -2.07. The first-order chi connectivity index (χ1) is 13.1. The summed E-state index contributed by atoms with van der Waals surface area (Å²) in [6, 6.07) is 8.03. The second kappa shape index (κ2) is 7.34. The number of ether oxygens (including phenoxy) is 2. The molecule has 1 aromatic carbocycles. The predicted octanol–water partition coefficient (Wildman–Crippen LogP) is 4.32. The van der Waals surface area contributed by atoms with Gasteiger partial charge in [-0.05, 0) is 18.2 Å². The number of anilines is 1. The third-order valence-electron chi connectivity index (χ3n) is 3.99. The summed E-state index contributed by atoms with van der Waals surface area (Å²) in [6.07, 6.45) is 5.37. The number of hydrogen-bond donors (Lipinski definition) is 1. The Morgan fingerprint density at radius 2 is 2.07 bits per heavy atom. The Labute approximate surface area is 159 Å². The van der Waals surface area contributed by atoms with Crippen molar-refractivity contribution in [2.75, 3.05) is 19.5 Å². The van der Waals surface area contributed by atoms with Crippen LogP contribution in [0.25, 0.3) is 20.8 Å². The first-order valence-electron chi connectivity index (χ1n) is 8.26. The van der Waals surface area contributed by atoms with Crippen LogP contribution in [0.4, 0.5) is 10.1 Å². The van der Waals surface area contributed by atoms with E-state index in [0.29, 0.717) is 18.0 Å². The van der Waals surface area contributed by atoms with Crippen molar-refractivity contribution in [2.24, 2.45) is 0 Å². The summed E-state index contributed by atoms with van der Waals surface area (Å²) in [7, 11) is 1.67. The molecule has 138 valence electrons. The molecule has 0 radical (unpaired) electrons. The van der Waals surface area contributed by atoms with Gasteiger partial charge in [-0.1, -0.05) is 0 Å². The van der Waals surface area contributed by atoms with Gasteiger partial charge >= 0.3 is 0 Å². The molecule has 27 heavy (non-hydrogen) atoms.